The number of likely N-dealkylation sites (N-methyl/N-ethyl adjacent to an activating group) is 1. The van der Waals surface area contributed by atoms with Crippen molar-refractivity contribution in [2.75, 3.05) is 66.7 Å². The van der Waals surface area contributed by atoms with Crippen molar-refractivity contribution >= 4 is 11.8 Å². The van der Waals surface area contributed by atoms with Crippen molar-refractivity contribution in [3.8, 4) is 11.4 Å². The summed E-state index contributed by atoms with van der Waals surface area (Å²) in [4.78, 5) is 33.7. The lowest BCUT2D eigenvalue weighted by Crippen LogP contribution is -2.56. The largest absolute Gasteiger partial charge is 0.385 e. The monoisotopic (exact) mass is 540 g/mol. The van der Waals surface area contributed by atoms with E-state index in [1.54, 1.807) is 7.11 Å². The number of rotatable bonds is 11. The Labute approximate surface area is 232 Å². The number of methoxy groups -OCH3 is 1. The van der Waals surface area contributed by atoms with E-state index in [-0.39, 0.29) is 29.7 Å². The number of aromatic nitrogens is 3. The molecule has 2 atom stereocenters. The molecule has 0 unspecified atom stereocenters. The van der Waals surface area contributed by atoms with Gasteiger partial charge in [0.25, 0.3) is 5.91 Å². The number of likely N-dealkylation sites (tertiary alicyclic amines) is 1. The first-order valence-corrected chi connectivity index (χ1v) is 14.2. The van der Waals surface area contributed by atoms with E-state index in [1.165, 1.54) is 0 Å². The maximum atomic E-state index is 14.3. The summed E-state index contributed by atoms with van der Waals surface area (Å²) in [6.45, 7) is 9.97. The van der Waals surface area contributed by atoms with Crippen molar-refractivity contribution in [1.82, 2.24) is 29.5 Å². The predicted molar refractivity (Wildman–Crippen MR) is 149 cm³/mol. The molecular weight excluding hydrogens is 496 g/mol. The van der Waals surface area contributed by atoms with Crippen LogP contribution in [0.3, 0.4) is 0 Å². The van der Waals surface area contributed by atoms with Gasteiger partial charge in [-0.3, -0.25) is 9.59 Å². The Morgan fingerprint density at radius 3 is 2.54 bits per heavy atom. The van der Waals surface area contributed by atoms with Crippen LogP contribution < -0.4 is 0 Å². The third-order valence-corrected chi connectivity index (χ3v) is 7.50. The van der Waals surface area contributed by atoms with Crippen molar-refractivity contribution in [1.29, 1.82) is 0 Å². The molecule has 2 aliphatic heterocycles. The van der Waals surface area contributed by atoms with E-state index >= 15 is 0 Å². The number of morpholine rings is 1. The van der Waals surface area contributed by atoms with Crippen molar-refractivity contribution in [2.24, 2.45) is 11.8 Å². The lowest BCUT2D eigenvalue weighted by atomic mass is 9.91. The van der Waals surface area contributed by atoms with Gasteiger partial charge in [0.15, 0.2) is 5.82 Å². The molecule has 0 spiro atoms. The van der Waals surface area contributed by atoms with Crippen LogP contribution in [0.5, 0.6) is 0 Å². The minimum Gasteiger partial charge on any atom is -0.385 e. The van der Waals surface area contributed by atoms with Crippen LogP contribution in [-0.4, -0.2) is 114 Å². The molecule has 2 aromatic rings. The fourth-order valence-corrected chi connectivity index (χ4v) is 5.64. The van der Waals surface area contributed by atoms with Crippen LogP contribution in [0.15, 0.2) is 30.3 Å². The average Bonchev–Trinajstić information content (AvgIpc) is 3.37. The zero-order valence-corrected chi connectivity index (χ0v) is 23.9. The Kier molecular flexibility index (Phi) is 10.5. The van der Waals surface area contributed by atoms with Gasteiger partial charge < -0.3 is 28.7 Å². The standard InChI is InChI=1S/C29H44N6O4/c1-22(2)19-35(25-18-24(20-32(3)21-25)28(36)33-13-16-39-17-14-33)29(37)27-31-30-26(23-10-6-5-7-11-23)34(27)12-8-9-15-38-4/h5-7,10-11,22,24-25H,8-9,12-21H2,1-4H3/t24-,25+/m1/s1. The van der Waals surface area contributed by atoms with Crippen LogP contribution in [0.25, 0.3) is 11.4 Å². The number of amides is 2. The third-order valence-electron chi connectivity index (χ3n) is 7.50. The average molecular weight is 541 g/mol. The minimum atomic E-state index is -0.152. The summed E-state index contributed by atoms with van der Waals surface area (Å²) in [7, 11) is 3.74. The molecule has 3 heterocycles. The predicted octanol–water partition coefficient (Wildman–Crippen LogP) is 2.65. The van der Waals surface area contributed by atoms with Gasteiger partial charge in [-0.25, -0.2) is 0 Å². The molecule has 0 bridgehead atoms. The first-order valence-electron chi connectivity index (χ1n) is 14.2. The molecule has 2 saturated heterocycles. The number of hydrogen-bond acceptors (Lipinski definition) is 7. The van der Waals surface area contributed by atoms with Crippen molar-refractivity contribution in [3.63, 3.8) is 0 Å². The van der Waals surface area contributed by atoms with Crippen LogP contribution in [0.1, 0.15) is 43.7 Å². The van der Waals surface area contributed by atoms with Crippen LogP contribution in [0.4, 0.5) is 0 Å². The fraction of sp³-hybridized carbons (Fsp3) is 0.655. The smallest absolute Gasteiger partial charge is 0.292 e. The second kappa shape index (κ2) is 14.0. The quantitative estimate of drug-likeness (QED) is 0.405. The van der Waals surface area contributed by atoms with Gasteiger partial charge in [0.2, 0.25) is 11.7 Å². The molecule has 4 rings (SSSR count). The summed E-state index contributed by atoms with van der Waals surface area (Å²) >= 11 is 0. The lowest BCUT2D eigenvalue weighted by Gasteiger charge is -2.43. The van der Waals surface area contributed by atoms with Gasteiger partial charge in [0.05, 0.1) is 19.1 Å². The lowest BCUT2D eigenvalue weighted by molar-refractivity contribution is -0.142. The summed E-state index contributed by atoms with van der Waals surface area (Å²) in [5.41, 5.74) is 0.930. The van der Waals surface area contributed by atoms with Crippen molar-refractivity contribution < 1.29 is 19.1 Å². The highest BCUT2D eigenvalue weighted by Gasteiger charge is 2.38. The van der Waals surface area contributed by atoms with Gasteiger partial charge in [-0.05, 0) is 32.2 Å². The number of benzene rings is 1. The van der Waals surface area contributed by atoms with E-state index in [0.717, 1.165) is 24.9 Å². The van der Waals surface area contributed by atoms with E-state index in [1.807, 2.05) is 51.7 Å². The van der Waals surface area contributed by atoms with Crippen molar-refractivity contribution in [3.05, 3.63) is 36.2 Å². The molecule has 10 nitrogen and oxygen atoms in total. The first kappa shape index (κ1) is 29.2. The summed E-state index contributed by atoms with van der Waals surface area (Å²) in [5, 5.41) is 8.93. The molecule has 1 aromatic heterocycles. The first-order chi connectivity index (χ1) is 18.9. The van der Waals surface area contributed by atoms with E-state index in [9.17, 15) is 9.59 Å². The summed E-state index contributed by atoms with van der Waals surface area (Å²) < 4.78 is 12.7. The van der Waals surface area contributed by atoms with Gasteiger partial charge in [-0.2, -0.15) is 0 Å². The Morgan fingerprint density at radius 2 is 1.85 bits per heavy atom. The van der Waals surface area contributed by atoms with Gasteiger partial charge in [-0.1, -0.05) is 44.2 Å². The SMILES string of the molecule is COCCCCn1c(C(=O)N(CC(C)C)[C@H]2C[C@@H](C(=O)N3CCOCC3)CN(C)C2)nnc1-c1ccccc1. The number of nitrogens with zero attached hydrogens (tertiary/aromatic N) is 6. The summed E-state index contributed by atoms with van der Waals surface area (Å²) in [6.07, 6.45) is 2.37. The van der Waals surface area contributed by atoms with Crippen LogP contribution >= 0.6 is 0 Å². The number of hydrogen-bond donors (Lipinski definition) is 0. The molecule has 0 saturated carbocycles. The molecule has 214 valence electrons. The van der Waals surface area contributed by atoms with Crippen LogP contribution in [-0.2, 0) is 20.8 Å². The van der Waals surface area contributed by atoms with Crippen LogP contribution in [0.2, 0.25) is 0 Å². The molecule has 0 aliphatic carbocycles. The molecule has 2 aliphatic rings. The number of piperidine rings is 1. The third kappa shape index (κ3) is 7.43. The van der Waals surface area contributed by atoms with Gasteiger partial charge in [0.1, 0.15) is 0 Å². The number of carbonyl (C=O) groups is 2. The summed E-state index contributed by atoms with van der Waals surface area (Å²) in [5.74, 6) is 1.21. The second-order valence-corrected chi connectivity index (χ2v) is 11.2. The number of ether oxygens (including phenoxy) is 2. The molecule has 2 fully saturated rings. The maximum absolute atomic E-state index is 14.3. The highest BCUT2D eigenvalue weighted by molar-refractivity contribution is 5.92. The topological polar surface area (TPSA) is 93.0 Å². The molecule has 10 heteroatoms. The zero-order chi connectivity index (χ0) is 27.8. The highest BCUT2D eigenvalue weighted by atomic mass is 16.5. The molecular formula is C29H44N6O4. The molecule has 2 amide bonds. The van der Waals surface area contributed by atoms with E-state index in [2.05, 4.69) is 28.9 Å². The normalized spacial score (nSPS) is 20.4. The summed E-state index contributed by atoms with van der Waals surface area (Å²) in [6, 6.07) is 9.80. The van der Waals surface area contributed by atoms with Gasteiger partial charge >= 0.3 is 0 Å². The Morgan fingerprint density at radius 1 is 1.10 bits per heavy atom. The van der Waals surface area contributed by atoms with Gasteiger partial charge in [0, 0.05) is 64.6 Å². The Bertz CT molecular complexity index is 1070. The van der Waals surface area contributed by atoms with Crippen LogP contribution in [0, 0.1) is 11.8 Å². The molecule has 1 aromatic carbocycles. The van der Waals surface area contributed by atoms with Crippen molar-refractivity contribution in [2.45, 2.75) is 45.7 Å². The zero-order valence-electron chi connectivity index (χ0n) is 23.9. The number of unbranched alkanes of at least 4 members (excludes halogenated alkanes) is 1. The molecule has 0 N–H and O–H groups in total. The van der Waals surface area contributed by atoms with E-state index < -0.39 is 0 Å². The molecule has 0 radical (unpaired) electrons. The highest BCUT2D eigenvalue weighted by Crippen LogP contribution is 2.26. The fourth-order valence-electron chi connectivity index (χ4n) is 5.64. The number of carbonyl (C=O) groups excluding carboxylic acids is 2. The Hall–Kier alpha value is -2.82. The maximum Gasteiger partial charge on any atom is 0.292 e. The minimum absolute atomic E-state index is 0.0903. The van der Waals surface area contributed by atoms with Gasteiger partial charge in [-0.15, -0.1) is 10.2 Å². The van der Waals surface area contributed by atoms with E-state index in [4.69, 9.17) is 9.47 Å². The van der Waals surface area contributed by atoms with E-state index in [0.29, 0.717) is 70.6 Å². The second-order valence-electron chi connectivity index (χ2n) is 11.2. The molecule has 39 heavy (non-hydrogen) atoms. The Balaban J connectivity index is 1.61.